The van der Waals surface area contributed by atoms with Gasteiger partial charge in [-0.15, -0.1) is 10.2 Å². The molecule has 0 atom stereocenters. The number of phenolic OH excluding ortho intramolecular Hbond substituents is 1. The second kappa shape index (κ2) is 4.68. The van der Waals surface area contributed by atoms with Crippen molar-refractivity contribution in [3.63, 3.8) is 0 Å². The van der Waals surface area contributed by atoms with E-state index in [0.29, 0.717) is 5.69 Å². The van der Waals surface area contributed by atoms with Crippen molar-refractivity contribution < 1.29 is 9.90 Å². The Morgan fingerprint density at radius 2 is 2.24 bits per heavy atom. The minimum Gasteiger partial charge on any atom is -0.508 e. The molecule has 1 amide bonds. The average molecular weight is 270 g/mol. The Kier molecular flexibility index (Phi) is 3.26. The summed E-state index contributed by atoms with van der Waals surface area (Å²) < 4.78 is 0.220. The third kappa shape index (κ3) is 2.54. The van der Waals surface area contributed by atoms with Crippen LogP contribution in [0.4, 0.5) is 5.69 Å². The summed E-state index contributed by atoms with van der Waals surface area (Å²) in [5.74, 6) is -0.225. The fraction of sp³-hybridized carbons (Fsp3) is 0.100. The number of carbonyl (C=O) groups is 1. The summed E-state index contributed by atoms with van der Waals surface area (Å²) >= 11 is 6.63. The highest BCUT2D eigenvalue weighted by Gasteiger charge is 2.18. The van der Waals surface area contributed by atoms with Crippen LogP contribution in [0.1, 0.15) is 9.80 Å². The van der Waals surface area contributed by atoms with E-state index in [-0.39, 0.29) is 21.1 Å². The number of hydrogen-bond acceptors (Lipinski definition) is 5. The van der Waals surface area contributed by atoms with Crippen LogP contribution in [-0.4, -0.2) is 28.3 Å². The zero-order valence-electron chi connectivity index (χ0n) is 8.79. The number of amides is 1. The van der Waals surface area contributed by atoms with E-state index in [1.807, 2.05) is 0 Å². The molecular formula is C10H8ClN3O2S. The van der Waals surface area contributed by atoms with Gasteiger partial charge >= 0.3 is 0 Å². The Morgan fingerprint density at radius 3 is 2.82 bits per heavy atom. The lowest BCUT2D eigenvalue weighted by Crippen LogP contribution is -2.26. The normalized spacial score (nSPS) is 10.2. The van der Waals surface area contributed by atoms with Crippen molar-refractivity contribution in [2.75, 3.05) is 11.9 Å². The van der Waals surface area contributed by atoms with Gasteiger partial charge in [-0.1, -0.05) is 17.4 Å². The van der Waals surface area contributed by atoms with Gasteiger partial charge in [-0.3, -0.25) is 4.79 Å². The molecule has 0 aliphatic heterocycles. The molecule has 0 saturated heterocycles. The van der Waals surface area contributed by atoms with Crippen LogP contribution in [0.5, 0.6) is 5.75 Å². The summed E-state index contributed by atoms with van der Waals surface area (Å²) in [4.78, 5) is 13.3. The second-order valence-electron chi connectivity index (χ2n) is 3.24. The third-order valence-corrected chi connectivity index (χ3v) is 3.11. The first-order valence-corrected chi connectivity index (χ1v) is 5.83. The highest BCUT2D eigenvalue weighted by molar-refractivity contribution is 7.17. The fourth-order valence-corrected chi connectivity index (χ4v) is 2.06. The molecule has 1 N–H and O–H groups in total. The average Bonchev–Trinajstić information content (AvgIpc) is 2.74. The lowest BCUT2D eigenvalue weighted by Gasteiger charge is -2.15. The van der Waals surface area contributed by atoms with Crippen molar-refractivity contribution in [3.05, 3.63) is 33.7 Å². The minimum atomic E-state index is -0.319. The van der Waals surface area contributed by atoms with Crippen LogP contribution in [0, 0.1) is 0 Å². The first kappa shape index (κ1) is 11.8. The number of halogens is 1. The zero-order chi connectivity index (χ0) is 12.4. The van der Waals surface area contributed by atoms with Gasteiger partial charge in [0.15, 0.2) is 0 Å². The van der Waals surface area contributed by atoms with Crippen LogP contribution in [0.2, 0.25) is 4.47 Å². The Morgan fingerprint density at radius 1 is 1.47 bits per heavy atom. The lowest BCUT2D eigenvalue weighted by atomic mass is 10.3. The molecule has 0 aliphatic carbocycles. The Balaban J connectivity index is 2.26. The molecule has 1 heterocycles. The van der Waals surface area contributed by atoms with E-state index in [1.54, 1.807) is 19.2 Å². The van der Waals surface area contributed by atoms with E-state index in [0.717, 1.165) is 11.3 Å². The van der Waals surface area contributed by atoms with Crippen LogP contribution in [0.3, 0.4) is 0 Å². The van der Waals surface area contributed by atoms with Gasteiger partial charge < -0.3 is 10.0 Å². The standard InChI is InChI=1S/C10H8ClN3O2S/c1-14(6-3-2-4-7(15)5-6)9(16)8-12-13-10(11)17-8/h2-5,15H,1H3. The minimum absolute atomic E-state index is 0.0949. The Labute approximate surface area is 106 Å². The molecule has 0 saturated carbocycles. The van der Waals surface area contributed by atoms with E-state index in [4.69, 9.17) is 11.6 Å². The van der Waals surface area contributed by atoms with Gasteiger partial charge in [0.25, 0.3) is 5.91 Å². The zero-order valence-corrected chi connectivity index (χ0v) is 10.4. The summed E-state index contributed by atoms with van der Waals surface area (Å²) in [7, 11) is 1.59. The molecular weight excluding hydrogens is 262 g/mol. The van der Waals surface area contributed by atoms with Crippen molar-refractivity contribution in [1.29, 1.82) is 0 Å². The molecule has 2 aromatic rings. The van der Waals surface area contributed by atoms with Gasteiger partial charge in [-0.2, -0.15) is 0 Å². The molecule has 5 nitrogen and oxygen atoms in total. The van der Waals surface area contributed by atoms with Gasteiger partial charge in [0.05, 0.1) is 0 Å². The summed E-state index contributed by atoms with van der Waals surface area (Å²) in [6.07, 6.45) is 0. The second-order valence-corrected chi connectivity index (χ2v) is 4.80. The highest BCUT2D eigenvalue weighted by Crippen LogP contribution is 2.22. The Bertz CT molecular complexity index is 558. The number of aromatic hydroxyl groups is 1. The molecule has 17 heavy (non-hydrogen) atoms. The maximum Gasteiger partial charge on any atom is 0.289 e. The van der Waals surface area contributed by atoms with Crippen LogP contribution >= 0.6 is 22.9 Å². The molecule has 0 aliphatic rings. The van der Waals surface area contributed by atoms with Gasteiger partial charge in [0.1, 0.15) is 5.75 Å². The molecule has 2 rings (SSSR count). The quantitative estimate of drug-likeness (QED) is 0.907. The third-order valence-electron chi connectivity index (χ3n) is 2.10. The molecule has 7 heteroatoms. The topological polar surface area (TPSA) is 66.3 Å². The Hall–Kier alpha value is -1.66. The predicted octanol–water partition coefficient (Wildman–Crippen LogP) is 2.17. The molecule has 0 bridgehead atoms. The number of phenols is 1. The number of benzene rings is 1. The predicted molar refractivity (Wildman–Crippen MR) is 65.8 cm³/mol. The molecule has 1 aromatic heterocycles. The number of nitrogens with zero attached hydrogens (tertiary/aromatic N) is 3. The number of hydrogen-bond donors (Lipinski definition) is 1. The van der Waals surface area contributed by atoms with Crippen molar-refractivity contribution in [1.82, 2.24) is 10.2 Å². The maximum absolute atomic E-state index is 12.0. The molecule has 0 spiro atoms. The highest BCUT2D eigenvalue weighted by atomic mass is 35.5. The van der Waals surface area contributed by atoms with Gasteiger partial charge in [0.2, 0.25) is 9.47 Å². The number of carbonyl (C=O) groups excluding carboxylic acids is 1. The monoisotopic (exact) mass is 269 g/mol. The van der Waals surface area contributed by atoms with Gasteiger partial charge in [0, 0.05) is 18.8 Å². The van der Waals surface area contributed by atoms with Crippen LogP contribution in [-0.2, 0) is 0 Å². The van der Waals surface area contributed by atoms with E-state index in [2.05, 4.69) is 10.2 Å². The van der Waals surface area contributed by atoms with Gasteiger partial charge in [-0.05, 0) is 23.7 Å². The van der Waals surface area contributed by atoms with Crippen molar-refractivity contribution >= 4 is 34.5 Å². The van der Waals surface area contributed by atoms with E-state index in [9.17, 15) is 9.90 Å². The van der Waals surface area contributed by atoms with Crippen LogP contribution < -0.4 is 4.90 Å². The van der Waals surface area contributed by atoms with E-state index in [1.165, 1.54) is 17.0 Å². The van der Waals surface area contributed by atoms with Crippen LogP contribution in [0.15, 0.2) is 24.3 Å². The van der Waals surface area contributed by atoms with E-state index < -0.39 is 0 Å². The van der Waals surface area contributed by atoms with Crippen molar-refractivity contribution in [3.8, 4) is 5.75 Å². The molecule has 88 valence electrons. The summed E-state index contributed by atoms with van der Waals surface area (Å²) in [6, 6.07) is 6.38. The lowest BCUT2D eigenvalue weighted by molar-refractivity contribution is 0.0992. The maximum atomic E-state index is 12.0. The molecule has 0 unspecified atom stereocenters. The molecule has 1 aromatic carbocycles. The largest absolute Gasteiger partial charge is 0.508 e. The first-order chi connectivity index (χ1) is 8.08. The summed E-state index contributed by atoms with van der Waals surface area (Å²) in [6.45, 7) is 0. The molecule has 0 fully saturated rings. The number of rotatable bonds is 2. The van der Waals surface area contributed by atoms with E-state index >= 15 is 0 Å². The summed E-state index contributed by atoms with van der Waals surface area (Å²) in [5.41, 5.74) is 0.571. The summed E-state index contributed by atoms with van der Waals surface area (Å²) in [5, 5.41) is 16.8. The smallest absolute Gasteiger partial charge is 0.289 e. The number of aromatic nitrogens is 2. The number of anilines is 1. The SMILES string of the molecule is CN(C(=O)c1nnc(Cl)s1)c1cccc(O)c1. The van der Waals surface area contributed by atoms with Crippen molar-refractivity contribution in [2.45, 2.75) is 0 Å². The molecule has 0 radical (unpaired) electrons. The van der Waals surface area contributed by atoms with Gasteiger partial charge in [-0.25, -0.2) is 0 Å². The van der Waals surface area contributed by atoms with Crippen LogP contribution in [0.25, 0.3) is 0 Å². The fourth-order valence-electron chi connectivity index (χ4n) is 1.25. The van der Waals surface area contributed by atoms with Crippen molar-refractivity contribution in [2.24, 2.45) is 0 Å². The first-order valence-electron chi connectivity index (χ1n) is 4.64.